The van der Waals surface area contributed by atoms with E-state index in [2.05, 4.69) is 23.5 Å². The molecule has 4 nitrogen and oxygen atoms in total. The van der Waals surface area contributed by atoms with Crippen molar-refractivity contribution in [3.8, 4) is 0 Å². The molecule has 1 atom stereocenters. The van der Waals surface area contributed by atoms with Crippen molar-refractivity contribution in [3.05, 3.63) is 29.8 Å². The van der Waals surface area contributed by atoms with Crippen LogP contribution in [0.15, 0.2) is 24.3 Å². The molecule has 0 bridgehead atoms. The number of benzene rings is 1. The van der Waals surface area contributed by atoms with Gasteiger partial charge in [0, 0.05) is 23.8 Å². The van der Waals surface area contributed by atoms with E-state index < -0.39 is 0 Å². The van der Waals surface area contributed by atoms with Gasteiger partial charge in [-0.25, -0.2) is 4.79 Å². The van der Waals surface area contributed by atoms with Gasteiger partial charge in [0.25, 0.3) is 0 Å². The van der Waals surface area contributed by atoms with Gasteiger partial charge in [-0.1, -0.05) is 0 Å². The molecule has 0 radical (unpaired) electrons. The van der Waals surface area contributed by atoms with Gasteiger partial charge in [0.2, 0.25) is 0 Å². The molecule has 2 rings (SSSR count). The van der Waals surface area contributed by atoms with Crippen LogP contribution in [0.4, 0.5) is 5.69 Å². The molecule has 1 aliphatic heterocycles. The Kier molecular flexibility index (Phi) is 3.30. The molecule has 98 valence electrons. The van der Waals surface area contributed by atoms with Crippen LogP contribution in [0.2, 0.25) is 0 Å². The number of anilines is 1. The Morgan fingerprint density at radius 3 is 2.44 bits per heavy atom. The van der Waals surface area contributed by atoms with Gasteiger partial charge in [0.15, 0.2) is 0 Å². The minimum absolute atomic E-state index is 0.0617. The molecular formula is C14H20N2O2. The van der Waals surface area contributed by atoms with Crippen LogP contribution >= 0.6 is 0 Å². The lowest BCUT2D eigenvalue weighted by molar-refractivity contribution is 0.0601. The average Bonchev–Trinajstić information content (AvgIpc) is 2.61. The summed E-state index contributed by atoms with van der Waals surface area (Å²) >= 11 is 0. The van der Waals surface area contributed by atoms with E-state index in [0.29, 0.717) is 5.56 Å². The lowest BCUT2D eigenvalue weighted by Gasteiger charge is -2.33. The highest BCUT2D eigenvalue weighted by Gasteiger charge is 2.36. The highest BCUT2D eigenvalue weighted by atomic mass is 16.5. The molecule has 1 heterocycles. The number of hydrogen-bond donors (Lipinski definition) is 1. The van der Waals surface area contributed by atoms with Crippen LogP contribution < -0.4 is 10.6 Å². The third-order valence-electron chi connectivity index (χ3n) is 3.51. The Hall–Kier alpha value is -1.55. The maximum Gasteiger partial charge on any atom is 0.337 e. The van der Waals surface area contributed by atoms with E-state index in [0.717, 1.165) is 18.7 Å². The Balaban J connectivity index is 2.22. The summed E-state index contributed by atoms with van der Waals surface area (Å²) in [4.78, 5) is 13.7. The lowest BCUT2D eigenvalue weighted by atomic mass is 10.00. The maximum absolute atomic E-state index is 11.4. The summed E-state index contributed by atoms with van der Waals surface area (Å²) < 4.78 is 4.69. The molecule has 0 aliphatic carbocycles. The minimum atomic E-state index is -0.307. The third-order valence-corrected chi connectivity index (χ3v) is 3.51. The van der Waals surface area contributed by atoms with Crippen molar-refractivity contribution in [2.24, 2.45) is 5.73 Å². The van der Waals surface area contributed by atoms with Crippen LogP contribution in [0, 0.1) is 0 Å². The second-order valence-electron chi connectivity index (χ2n) is 5.43. The molecule has 1 saturated heterocycles. The van der Waals surface area contributed by atoms with Crippen molar-refractivity contribution in [3.63, 3.8) is 0 Å². The predicted molar refractivity (Wildman–Crippen MR) is 71.8 cm³/mol. The number of carbonyl (C=O) groups excluding carboxylic acids is 1. The van der Waals surface area contributed by atoms with E-state index >= 15 is 0 Å². The molecule has 4 heteroatoms. The normalized spacial score (nSPS) is 22.0. The monoisotopic (exact) mass is 248 g/mol. The van der Waals surface area contributed by atoms with Crippen molar-refractivity contribution >= 4 is 11.7 Å². The zero-order valence-electron chi connectivity index (χ0n) is 11.1. The summed E-state index contributed by atoms with van der Waals surface area (Å²) in [5, 5.41) is 0. The number of nitrogens with zero attached hydrogens (tertiary/aromatic N) is 1. The van der Waals surface area contributed by atoms with Crippen molar-refractivity contribution in [1.29, 1.82) is 0 Å². The van der Waals surface area contributed by atoms with Crippen LogP contribution in [-0.4, -0.2) is 31.2 Å². The molecule has 1 aromatic carbocycles. The fraction of sp³-hybridized carbons (Fsp3) is 0.500. The van der Waals surface area contributed by atoms with E-state index in [1.165, 1.54) is 7.11 Å². The fourth-order valence-electron chi connectivity index (χ4n) is 2.65. The van der Waals surface area contributed by atoms with Crippen LogP contribution in [0.1, 0.15) is 30.6 Å². The molecule has 0 saturated carbocycles. The van der Waals surface area contributed by atoms with Gasteiger partial charge in [0.05, 0.1) is 12.7 Å². The highest BCUT2D eigenvalue weighted by Crippen LogP contribution is 2.33. The maximum atomic E-state index is 11.4. The first kappa shape index (κ1) is 12.9. The second kappa shape index (κ2) is 4.61. The summed E-state index contributed by atoms with van der Waals surface area (Å²) in [5.74, 6) is -0.307. The summed E-state index contributed by atoms with van der Waals surface area (Å²) in [6, 6.07) is 7.69. The standard InChI is InChI=1S/C14H20N2O2/c1-14(2)8-11(15)9-16(14)12-6-4-10(5-7-12)13(17)18-3/h4-7,11H,8-9,15H2,1-3H3. The molecule has 0 spiro atoms. The molecule has 0 aromatic heterocycles. The van der Waals surface area contributed by atoms with E-state index in [9.17, 15) is 4.79 Å². The number of ether oxygens (including phenoxy) is 1. The Morgan fingerprint density at radius 1 is 1.39 bits per heavy atom. The zero-order valence-corrected chi connectivity index (χ0v) is 11.1. The summed E-state index contributed by atoms with van der Waals surface area (Å²) in [6.45, 7) is 5.23. The van der Waals surface area contributed by atoms with Crippen molar-refractivity contribution in [1.82, 2.24) is 0 Å². The van der Waals surface area contributed by atoms with E-state index in [-0.39, 0.29) is 17.6 Å². The number of nitrogens with two attached hydrogens (primary N) is 1. The summed E-state index contributed by atoms with van der Waals surface area (Å²) in [5.41, 5.74) is 7.75. The quantitative estimate of drug-likeness (QED) is 0.811. The smallest absolute Gasteiger partial charge is 0.337 e. The minimum Gasteiger partial charge on any atom is -0.465 e. The van der Waals surface area contributed by atoms with E-state index in [1.54, 1.807) is 12.1 Å². The Morgan fingerprint density at radius 2 is 2.00 bits per heavy atom. The molecular weight excluding hydrogens is 228 g/mol. The van der Waals surface area contributed by atoms with E-state index in [4.69, 9.17) is 5.73 Å². The first-order chi connectivity index (χ1) is 8.44. The molecule has 0 amide bonds. The van der Waals surface area contributed by atoms with Gasteiger partial charge >= 0.3 is 5.97 Å². The van der Waals surface area contributed by atoms with Gasteiger partial charge in [-0.15, -0.1) is 0 Å². The topological polar surface area (TPSA) is 55.6 Å². The van der Waals surface area contributed by atoms with Gasteiger partial charge in [-0.05, 0) is 44.5 Å². The second-order valence-corrected chi connectivity index (χ2v) is 5.43. The Bertz CT molecular complexity index is 440. The van der Waals surface area contributed by atoms with Crippen LogP contribution in [0.3, 0.4) is 0 Å². The molecule has 1 aromatic rings. The fourth-order valence-corrected chi connectivity index (χ4v) is 2.65. The molecule has 1 aliphatic rings. The molecule has 18 heavy (non-hydrogen) atoms. The SMILES string of the molecule is COC(=O)c1ccc(N2CC(N)CC2(C)C)cc1. The number of methoxy groups -OCH3 is 1. The molecule has 1 fully saturated rings. The zero-order chi connectivity index (χ0) is 13.3. The van der Waals surface area contributed by atoms with Crippen LogP contribution in [0.5, 0.6) is 0 Å². The first-order valence-electron chi connectivity index (χ1n) is 6.15. The van der Waals surface area contributed by atoms with Gasteiger partial charge in [0.1, 0.15) is 0 Å². The highest BCUT2D eigenvalue weighted by molar-refractivity contribution is 5.89. The molecule has 1 unspecified atom stereocenters. The third kappa shape index (κ3) is 2.34. The molecule has 2 N–H and O–H groups in total. The van der Waals surface area contributed by atoms with Crippen LogP contribution in [-0.2, 0) is 4.74 Å². The summed E-state index contributed by atoms with van der Waals surface area (Å²) in [7, 11) is 1.39. The number of carbonyl (C=O) groups is 1. The van der Waals surface area contributed by atoms with Crippen molar-refractivity contribution < 1.29 is 9.53 Å². The number of hydrogen-bond acceptors (Lipinski definition) is 4. The van der Waals surface area contributed by atoms with Crippen LogP contribution in [0.25, 0.3) is 0 Å². The van der Waals surface area contributed by atoms with E-state index in [1.807, 2.05) is 12.1 Å². The average molecular weight is 248 g/mol. The lowest BCUT2D eigenvalue weighted by Crippen LogP contribution is -2.38. The van der Waals surface area contributed by atoms with Gasteiger partial charge in [-0.3, -0.25) is 0 Å². The van der Waals surface area contributed by atoms with Crippen molar-refractivity contribution in [2.45, 2.75) is 31.8 Å². The largest absolute Gasteiger partial charge is 0.465 e. The Labute approximate surface area is 108 Å². The number of esters is 1. The number of rotatable bonds is 2. The predicted octanol–water partition coefficient (Wildman–Crippen LogP) is 1.79. The van der Waals surface area contributed by atoms with Gasteiger partial charge < -0.3 is 15.4 Å². The summed E-state index contributed by atoms with van der Waals surface area (Å²) in [6.07, 6.45) is 0.978. The first-order valence-corrected chi connectivity index (χ1v) is 6.15. The van der Waals surface area contributed by atoms with Crippen molar-refractivity contribution in [2.75, 3.05) is 18.6 Å². The van der Waals surface area contributed by atoms with Gasteiger partial charge in [-0.2, -0.15) is 0 Å².